The molecule has 0 saturated heterocycles. The van der Waals surface area contributed by atoms with Crippen LogP contribution in [0.4, 0.5) is 0 Å². The van der Waals surface area contributed by atoms with Crippen LogP contribution in [-0.2, 0) is 6.42 Å². The van der Waals surface area contributed by atoms with Crippen molar-refractivity contribution in [1.82, 2.24) is 10.1 Å². The smallest absolute Gasteiger partial charge is 0.229 e. The molecule has 0 aliphatic heterocycles. The van der Waals surface area contributed by atoms with Crippen molar-refractivity contribution in [3.8, 4) is 0 Å². The minimum absolute atomic E-state index is 0.391. The summed E-state index contributed by atoms with van der Waals surface area (Å²) >= 11 is 0. The first-order valence-electron chi connectivity index (χ1n) is 5.10. The standard InChI is InChI=1S/C8H14N2O.C2H6/c1-4-6(3)8-9-7(5-2)10-11-8;1-2/h6H,4-5H2,1-3H3;1-2H3/t6-;/m0./s1. The number of aryl methyl sites for hydroxylation is 1. The third-order valence-electron chi connectivity index (χ3n) is 1.83. The van der Waals surface area contributed by atoms with Crippen LogP contribution in [0.1, 0.15) is 58.7 Å². The van der Waals surface area contributed by atoms with Gasteiger partial charge in [-0.25, -0.2) is 0 Å². The lowest BCUT2D eigenvalue weighted by molar-refractivity contribution is 0.353. The van der Waals surface area contributed by atoms with Gasteiger partial charge in [0.25, 0.3) is 0 Å². The van der Waals surface area contributed by atoms with Gasteiger partial charge in [-0.2, -0.15) is 4.98 Å². The summed E-state index contributed by atoms with van der Waals surface area (Å²) in [5, 5.41) is 3.82. The molecule has 3 heteroatoms. The number of nitrogens with zero attached hydrogens (tertiary/aromatic N) is 2. The average molecular weight is 184 g/mol. The van der Waals surface area contributed by atoms with E-state index in [-0.39, 0.29) is 0 Å². The van der Waals surface area contributed by atoms with E-state index in [4.69, 9.17) is 4.52 Å². The molecule has 0 amide bonds. The maximum absolute atomic E-state index is 5.05. The Morgan fingerprint density at radius 1 is 1.31 bits per heavy atom. The Bertz CT molecular complexity index is 220. The normalized spacial score (nSPS) is 11.8. The molecule has 0 radical (unpaired) electrons. The minimum atomic E-state index is 0.391. The van der Waals surface area contributed by atoms with E-state index in [1.807, 2.05) is 20.8 Å². The van der Waals surface area contributed by atoms with Gasteiger partial charge in [-0.3, -0.25) is 0 Å². The quantitative estimate of drug-likeness (QED) is 0.724. The van der Waals surface area contributed by atoms with Crippen molar-refractivity contribution in [1.29, 1.82) is 0 Å². The highest BCUT2D eigenvalue weighted by Gasteiger charge is 2.10. The van der Waals surface area contributed by atoms with E-state index in [0.717, 1.165) is 24.6 Å². The second-order valence-corrected chi connectivity index (χ2v) is 2.71. The van der Waals surface area contributed by atoms with E-state index in [1.54, 1.807) is 0 Å². The van der Waals surface area contributed by atoms with Gasteiger partial charge in [0.15, 0.2) is 5.82 Å². The Labute approximate surface area is 80.5 Å². The number of hydrogen-bond donors (Lipinski definition) is 0. The van der Waals surface area contributed by atoms with Gasteiger partial charge >= 0.3 is 0 Å². The molecule has 1 aromatic rings. The number of aromatic nitrogens is 2. The van der Waals surface area contributed by atoms with Gasteiger partial charge in [-0.1, -0.05) is 39.8 Å². The summed E-state index contributed by atoms with van der Waals surface area (Å²) in [6.45, 7) is 10.2. The van der Waals surface area contributed by atoms with E-state index in [1.165, 1.54) is 0 Å². The topological polar surface area (TPSA) is 38.9 Å². The molecular formula is C10H20N2O. The molecule has 13 heavy (non-hydrogen) atoms. The summed E-state index contributed by atoms with van der Waals surface area (Å²) < 4.78 is 5.05. The van der Waals surface area contributed by atoms with Crippen molar-refractivity contribution in [2.45, 2.75) is 53.4 Å². The molecule has 3 nitrogen and oxygen atoms in total. The lowest BCUT2D eigenvalue weighted by atomic mass is 10.1. The monoisotopic (exact) mass is 184 g/mol. The molecule has 0 aromatic carbocycles. The van der Waals surface area contributed by atoms with Crippen LogP contribution in [0, 0.1) is 0 Å². The summed E-state index contributed by atoms with van der Waals surface area (Å²) in [5.74, 6) is 1.97. The minimum Gasteiger partial charge on any atom is -0.339 e. The SMILES string of the molecule is CC.CCc1noc([C@@H](C)CC)n1. The van der Waals surface area contributed by atoms with Crippen molar-refractivity contribution >= 4 is 0 Å². The van der Waals surface area contributed by atoms with Crippen LogP contribution >= 0.6 is 0 Å². The van der Waals surface area contributed by atoms with Gasteiger partial charge < -0.3 is 4.52 Å². The molecule has 0 aliphatic rings. The third kappa shape index (κ3) is 3.57. The maximum atomic E-state index is 5.05. The lowest BCUT2D eigenvalue weighted by Gasteiger charge is -1.98. The summed E-state index contributed by atoms with van der Waals surface area (Å²) in [6, 6.07) is 0. The lowest BCUT2D eigenvalue weighted by Crippen LogP contribution is -1.91. The van der Waals surface area contributed by atoms with Crippen molar-refractivity contribution in [2.24, 2.45) is 0 Å². The Morgan fingerprint density at radius 3 is 2.31 bits per heavy atom. The highest BCUT2D eigenvalue weighted by Crippen LogP contribution is 2.15. The third-order valence-corrected chi connectivity index (χ3v) is 1.83. The molecule has 0 N–H and O–H groups in total. The fourth-order valence-electron chi connectivity index (χ4n) is 0.786. The van der Waals surface area contributed by atoms with Crippen molar-refractivity contribution in [2.75, 3.05) is 0 Å². The van der Waals surface area contributed by atoms with Crippen LogP contribution in [0.3, 0.4) is 0 Å². The van der Waals surface area contributed by atoms with Gasteiger partial charge in [0, 0.05) is 12.3 Å². The van der Waals surface area contributed by atoms with E-state index in [0.29, 0.717) is 5.92 Å². The predicted octanol–water partition coefficient (Wildman–Crippen LogP) is 3.17. The second-order valence-electron chi connectivity index (χ2n) is 2.71. The first-order chi connectivity index (χ1) is 6.27. The highest BCUT2D eigenvalue weighted by atomic mass is 16.5. The first-order valence-corrected chi connectivity index (χ1v) is 5.10. The molecule has 0 spiro atoms. The molecule has 76 valence electrons. The van der Waals surface area contributed by atoms with Gasteiger partial charge in [0.1, 0.15) is 0 Å². The molecule has 1 rings (SSSR count). The summed E-state index contributed by atoms with van der Waals surface area (Å²) in [6.07, 6.45) is 1.89. The van der Waals surface area contributed by atoms with E-state index in [9.17, 15) is 0 Å². The fourth-order valence-corrected chi connectivity index (χ4v) is 0.786. The van der Waals surface area contributed by atoms with E-state index in [2.05, 4.69) is 24.0 Å². The predicted molar refractivity (Wildman–Crippen MR) is 53.7 cm³/mol. The van der Waals surface area contributed by atoms with Gasteiger partial charge in [-0.05, 0) is 6.42 Å². The molecular weight excluding hydrogens is 164 g/mol. The summed E-state index contributed by atoms with van der Waals surface area (Å²) in [5.41, 5.74) is 0. The van der Waals surface area contributed by atoms with E-state index < -0.39 is 0 Å². The molecule has 0 aliphatic carbocycles. The number of rotatable bonds is 3. The van der Waals surface area contributed by atoms with Crippen molar-refractivity contribution in [3.05, 3.63) is 11.7 Å². The largest absolute Gasteiger partial charge is 0.339 e. The van der Waals surface area contributed by atoms with Crippen LogP contribution in [0.2, 0.25) is 0 Å². The highest BCUT2D eigenvalue weighted by molar-refractivity contribution is 4.91. The average Bonchev–Trinajstić information content (AvgIpc) is 2.68. The molecule has 1 atom stereocenters. The Morgan fingerprint density at radius 2 is 1.92 bits per heavy atom. The fraction of sp³-hybridized carbons (Fsp3) is 0.800. The van der Waals surface area contributed by atoms with Crippen molar-refractivity contribution < 1.29 is 4.52 Å². The zero-order chi connectivity index (χ0) is 10.3. The van der Waals surface area contributed by atoms with Gasteiger partial charge in [0.05, 0.1) is 0 Å². The van der Waals surface area contributed by atoms with E-state index >= 15 is 0 Å². The van der Waals surface area contributed by atoms with Crippen LogP contribution < -0.4 is 0 Å². The Hall–Kier alpha value is -0.860. The zero-order valence-corrected chi connectivity index (χ0v) is 9.29. The molecule has 0 saturated carbocycles. The first kappa shape index (κ1) is 12.1. The van der Waals surface area contributed by atoms with Crippen LogP contribution in [0.5, 0.6) is 0 Å². The molecule has 0 bridgehead atoms. The molecule has 0 unspecified atom stereocenters. The molecule has 1 aromatic heterocycles. The second kappa shape index (κ2) is 6.63. The summed E-state index contributed by atoms with van der Waals surface area (Å²) in [7, 11) is 0. The zero-order valence-electron chi connectivity index (χ0n) is 9.29. The molecule has 1 heterocycles. The van der Waals surface area contributed by atoms with Crippen LogP contribution in [0.25, 0.3) is 0 Å². The maximum Gasteiger partial charge on any atom is 0.229 e. The molecule has 0 fully saturated rings. The van der Waals surface area contributed by atoms with Gasteiger partial charge in [-0.15, -0.1) is 0 Å². The van der Waals surface area contributed by atoms with Gasteiger partial charge in [0.2, 0.25) is 5.89 Å². The summed E-state index contributed by atoms with van der Waals surface area (Å²) in [4.78, 5) is 4.22. The Balaban J connectivity index is 0.000000671. The number of hydrogen-bond acceptors (Lipinski definition) is 3. The van der Waals surface area contributed by atoms with Crippen LogP contribution in [-0.4, -0.2) is 10.1 Å². The Kier molecular flexibility index (Phi) is 6.20. The van der Waals surface area contributed by atoms with Crippen molar-refractivity contribution in [3.63, 3.8) is 0 Å². The van der Waals surface area contributed by atoms with Crippen LogP contribution in [0.15, 0.2) is 4.52 Å².